The monoisotopic (exact) mass is 412 g/mol. The van der Waals surface area contributed by atoms with Crippen LogP contribution in [-0.4, -0.2) is 58.8 Å². The highest BCUT2D eigenvalue weighted by atomic mass is 35.6. The van der Waals surface area contributed by atoms with E-state index in [0.29, 0.717) is 24.7 Å². The maximum Gasteiger partial charge on any atom is 0.274 e. The van der Waals surface area contributed by atoms with Crippen molar-refractivity contribution in [2.75, 3.05) is 44.6 Å². The first-order valence-corrected chi connectivity index (χ1v) is 9.12. The number of benzene rings is 1. The van der Waals surface area contributed by atoms with Gasteiger partial charge < -0.3 is 16.0 Å². The number of carbonyl (C=O) groups is 1. The molecular formula is C15H20Cl4N4O. The topological polar surface area (TPSA) is 61.6 Å². The fourth-order valence-corrected chi connectivity index (χ4v) is 3.20. The van der Waals surface area contributed by atoms with Gasteiger partial charge in [0.2, 0.25) is 0 Å². The van der Waals surface area contributed by atoms with E-state index in [0.717, 1.165) is 37.4 Å². The van der Waals surface area contributed by atoms with E-state index < -0.39 is 9.70 Å². The van der Waals surface area contributed by atoms with E-state index in [9.17, 15) is 4.79 Å². The lowest BCUT2D eigenvalue weighted by atomic mass is 10.2. The van der Waals surface area contributed by atoms with E-state index >= 15 is 0 Å². The zero-order valence-corrected chi connectivity index (χ0v) is 16.1. The van der Waals surface area contributed by atoms with Gasteiger partial charge in [-0.3, -0.25) is 9.69 Å². The van der Waals surface area contributed by atoms with E-state index in [2.05, 4.69) is 10.2 Å². The molecule has 1 heterocycles. The Morgan fingerprint density at radius 1 is 1.17 bits per heavy atom. The van der Waals surface area contributed by atoms with Crippen molar-refractivity contribution < 1.29 is 4.79 Å². The minimum atomic E-state index is -1.88. The second-order valence-corrected chi connectivity index (χ2v) is 8.33. The number of nitrogens with two attached hydrogens (primary N) is 1. The molecule has 0 radical (unpaired) electrons. The highest BCUT2D eigenvalue weighted by Gasteiger charge is 2.36. The second-order valence-electron chi connectivity index (χ2n) is 5.61. The van der Waals surface area contributed by atoms with Gasteiger partial charge in [0.05, 0.1) is 0 Å². The fourth-order valence-electron chi connectivity index (χ4n) is 2.58. The molecule has 0 unspecified atom stereocenters. The number of anilines is 1. The van der Waals surface area contributed by atoms with Gasteiger partial charge >= 0.3 is 0 Å². The number of nitrogens with zero attached hydrogens (tertiary/aromatic N) is 2. The molecule has 24 heavy (non-hydrogen) atoms. The van der Waals surface area contributed by atoms with Crippen molar-refractivity contribution in [3.63, 3.8) is 0 Å². The molecule has 0 aromatic heterocycles. The molecule has 0 atom stereocenters. The SMILES string of the molecule is NCc1cc(Cl)cc(NCCN2CCN(C(=O)C(Cl)(Cl)Cl)CC2)c1. The van der Waals surface area contributed by atoms with Gasteiger partial charge in [0.1, 0.15) is 0 Å². The Labute approximate surface area is 161 Å². The van der Waals surface area contributed by atoms with Gasteiger partial charge in [-0.05, 0) is 23.8 Å². The molecule has 1 aliphatic heterocycles. The zero-order chi connectivity index (χ0) is 17.7. The summed E-state index contributed by atoms with van der Waals surface area (Å²) in [6.07, 6.45) is 0. The van der Waals surface area contributed by atoms with Crippen molar-refractivity contribution in [2.24, 2.45) is 5.73 Å². The van der Waals surface area contributed by atoms with Crippen LogP contribution in [0.1, 0.15) is 5.56 Å². The van der Waals surface area contributed by atoms with Crippen molar-refractivity contribution in [3.05, 3.63) is 28.8 Å². The van der Waals surface area contributed by atoms with Crippen LogP contribution in [-0.2, 0) is 11.3 Å². The lowest BCUT2D eigenvalue weighted by molar-refractivity contribution is -0.131. The van der Waals surface area contributed by atoms with Crippen LogP contribution in [0.15, 0.2) is 18.2 Å². The van der Waals surface area contributed by atoms with Gasteiger partial charge in [0.25, 0.3) is 9.70 Å². The number of hydrogen-bond donors (Lipinski definition) is 2. The maximum absolute atomic E-state index is 11.9. The second kappa shape index (κ2) is 8.79. The molecule has 5 nitrogen and oxygen atoms in total. The summed E-state index contributed by atoms with van der Waals surface area (Å²) in [6.45, 7) is 4.68. The van der Waals surface area contributed by atoms with E-state index in [4.69, 9.17) is 52.1 Å². The molecule has 1 saturated heterocycles. The normalized spacial score (nSPS) is 16.3. The van der Waals surface area contributed by atoms with E-state index in [1.54, 1.807) is 4.90 Å². The zero-order valence-electron chi connectivity index (χ0n) is 13.1. The predicted molar refractivity (Wildman–Crippen MR) is 101 cm³/mol. The molecule has 2 rings (SSSR count). The lowest BCUT2D eigenvalue weighted by Gasteiger charge is -2.36. The molecular weight excluding hydrogens is 394 g/mol. The standard InChI is InChI=1S/C15H20Cl4N4O/c16-12-7-11(10-20)8-13(9-12)21-1-2-22-3-5-23(6-4-22)14(24)15(17,18)19/h7-9,21H,1-6,10,20H2. The summed E-state index contributed by atoms with van der Waals surface area (Å²) in [5, 5.41) is 4.01. The van der Waals surface area contributed by atoms with E-state index in [1.165, 1.54) is 0 Å². The average molecular weight is 414 g/mol. The Hall–Kier alpha value is -0.430. The third-order valence-corrected chi connectivity index (χ3v) is 4.56. The third kappa shape index (κ3) is 5.83. The molecule has 0 saturated carbocycles. The van der Waals surface area contributed by atoms with Gasteiger partial charge in [0.15, 0.2) is 0 Å². The van der Waals surface area contributed by atoms with Crippen LogP contribution in [0.25, 0.3) is 0 Å². The van der Waals surface area contributed by atoms with E-state index in [1.807, 2.05) is 18.2 Å². The Bertz CT molecular complexity index is 571. The van der Waals surface area contributed by atoms with Crippen LogP contribution in [0.2, 0.25) is 5.02 Å². The molecule has 1 amide bonds. The quantitative estimate of drug-likeness (QED) is 0.728. The summed E-state index contributed by atoms with van der Waals surface area (Å²) in [4.78, 5) is 15.7. The van der Waals surface area contributed by atoms with Gasteiger partial charge in [-0.2, -0.15) is 0 Å². The number of rotatable bonds is 5. The summed E-state index contributed by atoms with van der Waals surface area (Å²) >= 11 is 23.0. The minimum absolute atomic E-state index is 0.453. The molecule has 0 aliphatic carbocycles. The maximum atomic E-state index is 11.9. The first-order chi connectivity index (χ1) is 11.3. The Balaban J connectivity index is 1.75. The van der Waals surface area contributed by atoms with Crippen molar-refractivity contribution in [3.8, 4) is 0 Å². The first-order valence-electron chi connectivity index (χ1n) is 7.61. The highest BCUT2D eigenvalue weighted by molar-refractivity contribution is 6.76. The molecule has 134 valence electrons. The molecule has 0 bridgehead atoms. The largest absolute Gasteiger partial charge is 0.384 e. The smallest absolute Gasteiger partial charge is 0.274 e. The number of halogens is 4. The fraction of sp³-hybridized carbons (Fsp3) is 0.533. The first kappa shape index (κ1) is 19.9. The van der Waals surface area contributed by atoms with Gasteiger partial charge in [0, 0.05) is 56.5 Å². The van der Waals surface area contributed by atoms with Crippen LogP contribution in [0.3, 0.4) is 0 Å². The van der Waals surface area contributed by atoms with Crippen LogP contribution in [0.4, 0.5) is 5.69 Å². The summed E-state index contributed by atoms with van der Waals surface area (Å²) in [5.74, 6) is -0.460. The third-order valence-electron chi connectivity index (χ3n) is 3.85. The summed E-state index contributed by atoms with van der Waals surface area (Å²) < 4.78 is -1.88. The highest BCUT2D eigenvalue weighted by Crippen LogP contribution is 2.28. The van der Waals surface area contributed by atoms with Crippen LogP contribution in [0, 0.1) is 0 Å². The molecule has 1 aromatic carbocycles. The molecule has 1 fully saturated rings. The number of alkyl halides is 3. The lowest BCUT2D eigenvalue weighted by Crippen LogP contribution is -2.52. The molecule has 3 N–H and O–H groups in total. The number of amides is 1. The Morgan fingerprint density at radius 3 is 2.42 bits per heavy atom. The summed E-state index contributed by atoms with van der Waals surface area (Å²) in [5.41, 5.74) is 7.59. The molecule has 9 heteroatoms. The van der Waals surface area contributed by atoms with Gasteiger partial charge in [-0.25, -0.2) is 0 Å². The summed E-state index contributed by atoms with van der Waals surface area (Å²) in [6, 6.07) is 5.72. The van der Waals surface area contributed by atoms with Crippen LogP contribution >= 0.6 is 46.4 Å². The minimum Gasteiger partial charge on any atom is -0.384 e. The number of piperazine rings is 1. The molecule has 1 aromatic rings. The number of carbonyl (C=O) groups excluding carboxylic acids is 1. The van der Waals surface area contributed by atoms with Crippen molar-refractivity contribution in [2.45, 2.75) is 10.3 Å². The average Bonchev–Trinajstić information content (AvgIpc) is 2.53. The van der Waals surface area contributed by atoms with Crippen LogP contribution in [0.5, 0.6) is 0 Å². The predicted octanol–water partition coefficient (Wildman–Crippen LogP) is 2.73. The van der Waals surface area contributed by atoms with E-state index in [-0.39, 0.29) is 0 Å². The van der Waals surface area contributed by atoms with Crippen molar-refractivity contribution >= 4 is 58.0 Å². The Morgan fingerprint density at radius 2 is 1.83 bits per heavy atom. The van der Waals surface area contributed by atoms with Crippen LogP contribution < -0.4 is 11.1 Å². The van der Waals surface area contributed by atoms with Crippen molar-refractivity contribution in [1.29, 1.82) is 0 Å². The van der Waals surface area contributed by atoms with Gasteiger partial charge in [-0.1, -0.05) is 46.4 Å². The summed E-state index contributed by atoms with van der Waals surface area (Å²) in [7, 11) is 0. The number of hydrogen-bond acceptors (Lipinski definition) is 4. The molecule has 1 aliphatic rings. The number of nitrogens with one attached hydrogen (secondary N) is 1. The van der Waals surface area contributed by atoms with Crippen molar-refractivity contribution in [1.82, 2.24) is 9.80 Å². The molecule has 0 spiro atoms. The van der Waals surface area contributed by atoms with Gasteiger partial charge in [-0.15, -0.1) is 0 Å². The Kier molecular flexibility index (Phi) is 7.28.